The van der Waals surface area contributed by atoms with E-state index in [1.807, 2.05) is 31.2 Å². The average molecular weight is 369 g/mol. The molecule has 1 amide bonds. The zero-order chi connectivity index (χ0) is 18.9. The van der Waals surface area contributed by atoms with Crippen LogP contribution >= 0.6 is 11.8 Å². The number of pyridine rings is 1. The van der Waals surface area contributed by atoms with Gasteiger partial charge in [0.25, 0.3) is 0 Å². The van der Waals surface area contributed by atoms with Crippen LogP contribution in [0.15, 0.2) is 41.4 Å². The first-order valence-electron chi connectivity index (χ1n) is 8.68. The van der Waals surface area contributed by atoms with Crippen molar-refractivity contribution in [3.63, 3.8) is 0 Å². The summed E-state index contributed by atoms with van der Waals surface area (Å²) in [6, 6.07) is 13.1. The zero-order valence-electron chi connectivity index (χ0n) is 15.3. The van der Waals surface area contributed by atoms with Gasteiger partial charge in [-0.1, -0.05) is 37.2 Å². The lowest BCUT2D eigenvalue weighted by atomic mass is 10.2. The second-order valence-electron chi connectivity index (χ2n) is 5.70. The van der Waals surface area contributed by atoms with E-state index in [4.69, 9.17) is 4.74 Å². The molecule has 1 N–H and O–H groups in total. The third kappa shape index (κ3) is 5.24. The molecule has 1 unspecified atom stereocenters. The number of ether oxygens (including phenoxy) is 1. The number of thioether (sulfide) groups is 1. The Labute approximate surface area is 158 Å². The van der Waals surface area contributed by atoms with Gasteiger partial charge in [-0.25, -0.2) is 4.98 Å². The molecule has 0 aliphatic carbocycles. The van der Waals surface area contributed by atoms with Crippen molar-refractivity contribution in [2.45, 2.75) is 43.9 Å². The van der Waals surface area contributed by atoms with E-state index in [1.54, 1.807) is 19.1 Å². The molecule has 0 saturated heterocycles. The number of nitrogens with one attached hydrogen (secondary N) is 1. The smallest absolute Gasteiger partial charge is 0.237 e. The van der Waals surface area contributed by atoms with Crippen molar-refractivity contribution in [2.75, 3.05) is 11.9 Å². The van der Waals surface area contributed by atoms with Gasteiger partial charge >= 0.3 is 0 Å². The average Bonchev–Trinajstić information content (AvgIpc) is 2.64. The minimum absolute atomic E-state index is 0.159. The van der Waals surface area contributed by atoms with Crippen LogP contribution in [0.5, 0.6) is 5.75 Å². The minimum Gasteiger partial charge on any atom is -0.492 e. The first-order valence-corrected chi connectivity index (χ1v) is 9.56. The van der Waals surface area contributed by atoms with Crippen molar-refractivity contribution in [2.24, 2.45) is 0 Å². The van der Waals surface area contributed by atoms with Gasteiger partial charge in [0.15, 0.2) is 0 Å². The lowest BCUT2D eigenvalue weighted by Gasteiger charge is -2.15. The molecular formula is C20H23N3O2S. The zero-order valence-corrected chi connectivity index (χ0v) is 16.1. The first-order chi connectivity index (χ1) is 12.6. The number of nitrogens with zero attached hydrogens (tertiary/aromatic N) is 2. The van der Waals surface area contributed by atoms with Gasteiger partial charge in [-0.2, -0.15) is 5.26 Å². The third-order valence-electron chi connectivity index (χ3n) is 3.65. The first kappa shape index (κ1) is 19.8. The fraction of sp³-hybridized carbons (Fsp3) is 0.350. The van der Waals surface area contributed by atoms with E-state index in [-0.39, 0.29) is 5.91 Å². The van der Waals surface area contributed by atoms with E-state index in [1.165, 1.54) is 11.8 Å². The van der Waals surface area contributed by atoms with Crippen LogP contribution < -0.4 is 10.1 Å². The quantitative estimate of drug-likeness (QED) is 0.697. The lowest BCUT2D eigenvalue weighted by molar-refractivity contribution is -0.115. The van der Waals surface area contributed by atoms with E-state index in [9.17, 15) is 10.1 Å². The number of aromatic nitrogens is 1. The Hall–Kier alpha value is -2.52. The number of amides is 1. The highest BCUT2D eigenvalue weighted by Crippen LogP contribution is 2.28. The number of nitriles is 1. The molecule has 1 aromatic heterocycles. The Morgan fingerprint density at radius 2 is 2.08 bits per heavy atom. The number of rotatable bonds is 8. The van der Waals surface area contributed by atoms with Gasteiger partial charge in [0.05, 0.1) is 23.1 Å². The molecule has 2 rings (SSSR count). The van der Waals surface area contributed by atoms with Gasteiger partial charge in [-0.05, 0) is 44.5 Å². The molecule has 2 aromatic rings. The molecule has 0 aliphatic heterocycles. The van der Waals surface area contributed by atoms with Crippen molar-refractivity contribution in [3.8, 4) is 11.8 Å². The summed E-state index contributed by atoms with van der Waals surface area (Å²) in [5.41, 5.74) is 2.06. The minimum atomic E-state index is -0.402. The van der Waals surface area contributed by atoms with Gasteiger partial charge in [-0.15, -0.1) is 0 Å². The van der Waals surface area contributed by atoms with Crippen molar-refractivity contribution >= 4 is 23.4 Å². The van der Waals surface area contributed by atoms with Gasteiger partial charge in [0.2, 0.25) is 5.91 Å². The van der Waals surface area contributed by atoms with Crippen LogP contribution in [-0.2, 0) is 11.2 Å². The maximum absolute atomic E-state index is 12.6. The molecule has 6 heteroatoms. The monoisotopic (exact) mass is 369 g/mol. The van der Waals surface area contributed by atoms with E-state index in [0.717, 1.165) is 18.5 Å². The SMILES string of the molecule is CCCc1ccc(C#N)c(SC(C)C(=O)Nc2ccccc2OCC)n1. The molecule has 0 radical (unpaired) electrons. The van der Waals surface area contributed by atoms with Crippen molar-refractivity contribution in [1.82, 2.24) is 4.98 Å². The van der Waals surface area contributed by atoms with Crippen molar-refractivity contribution < 1.29 is 9.53 Å². The molecule has 136 valence electrons. The van der Waals surface area contributed by atoms with Crippen LogP contribution in [0.3, 0.4) is 0 Å². The van der Waals surface area contributed by atoms with E-state index in [2.05, 4.69) is 23.3 Å². The normalized spacial score (nSPS) is 11.5. The Balaban J connectivity index is 2.12. The molecule has 5 nitrogen and oxygen atoms in total. The van der Waals surface area contributed by atoms with Gasteiger partial charge < -0.3 is 10.1 Å². The number of anilines is 1. The highest BCUT2D eigenvalue weighted by atomic mass is 32.2. The number of aryl methyl sites for hydroxylation is 1. The van der Waals surface area contributed by atoms with E-state index < -0.39 is 5.25 Å². The highest BCUT2D eigenvalue weighted by Gasteiger charge is 2.19. The summed E-state index contributed by atoms with van der Waals surface area (Å²) in [6.45, 7) is 6.31. The predicted molar refractivity (Wildman–Crippen MR) is 105 cm³/mol. The maximum atomic E-state index is 12.6. The molecule has 1 atom stereocenters. The number of para-hydroxylation sites is 2. The van der Waals surface area contributed by atoms with Crippen molar-refractivity contribution in [1.29, 1.82) is 5.26 Å². The number of hydrogen-bond acceptors (Lipinski definition) is 5. The standard InChI is InChI=1S/C20H23N3O2S/c1-4-8-16-12-11-15(13-21)20(22-16)26-14(3)19(24)23-17-9-6-7-10-18(17)25-5-2/h6-7,9-12,14H,4-5,8H2,1-3H3,(H,23,24). The lowest BCUT2D eigenvalue weighted by Crippen LogP contribution is -2.23. The van der Waals surface area contributed by atoms with Gasteiger partial charge in [0, 0.05) is 5.69 Å². The summed E-state index contributed by atoms with van der Waals surface area (Å²) in [6.07, 6.45) is 1.83. The summed E-state index contributed by atoms with van der Waals surface area (Å²) < 4.78 is 5.54. The summed E-state index contributed by atoms with van der Waals surface area (Å²) in [5, 5.41) is 12.4. The number of benzene rings is 1. The molecular weight excluding hydrogens is 346 g/mol. The molecule has 1 aromatic carbocycles. The Kier molecular flexibility index (Phi) is 7.49. The Bertz CT molecular complexity index is 802. The second-order valence-corrected chi connectivity index (χ2v) is 7.03. The summed E-state index contributed by atoms with van der Waals surface area (Å²) >= 11 is 1.29. The van der Waals surface area contributed by atoms with Crippen LogP contribution in [-0.4, -0.2) is 22.7 Å². The summed E-state index contributed by atoms with van der Waals surface area (Å²) in [4.78, 5) is 17.1. The van der Waals surface area contributed by atoms with Gasteiger partial charge in [0.1, 0.15) is 16.8 Å². The molecule has 0 spiro atoms. The largest absolute Gasteiger partial charge is 0.492 e. The second kappa shape index (κ2) is 9.83. The predicted octanol–water partition coefficient (Wildman–Crippen LogP) is 4.42. The highest BCUT2D eigenvalue weighted by molar-refractivity contribution is 8.00. The molecule has 0 saturated carbocycles. The Morgan fingerprint density at radius 3 is 2.77 bits per heavy atom. The van der Waals surface area contributed by atoms with Crippen LogP contribution in [0.25, 0.3) is 0 Å². The molecule has 1 heterocycles. The molecule has 0 aliphatic rings. The summed E-state index contributed by atoms with van der Waals surface area (Å²) in [7, 11) is 0. The third-order valence-corrected chi connectivity index (χ3v) is 4.75. The van der Waals surface area contributed by atoms with E-state index in [0.29, 0.717) is 28.6 Å². The van der Waals surface area contributed by atoms with Crippen LogP contribution in [0.2, 0.25) is 0 Å². The van der Waals surface area contributed by atoms with Crippen LogP contribution in [0, 0.1) is 11.3 Å². The number of hydrogen-bond donors (Lipinski definition) is 1. The fourth-order valence-electron chi connectivity index (χ4n) is 2.36. The number of carbonyl (C=O) groups excluding carboxylic acids is 1. The fourth-order valence-corrected chi connectivity index (χ4v) is 3.27. The van der Waals surface area contributed by atoms with Gasteiger partial charge in [-0.3, -0.25) is 4.79 Å². The Morgan fingerprint density at radius 1 is 1.31 bits per heavy atom. The topological polar surface area (TPSA) is 75.0 Å². The molecule has 0 fully saturated rings. The van der Waals surface area contributed by atoms with Crippen LogP contribution in [0.4, 0.5) is 5.69 Å². The maximum Gasteiger partial charge on any atom is 0.237 e. The van der Waals surface area contributed by atoms with Crippen molar-refractivity contribution in [3.05, 3.63) is 47.7 Å². The number of carbonyl (C=O) groups is 1. The van der Waals surface area contributed by atoms with Crippen LogP contribution in [0.1, 0.15) is 38.4 Å². The van der Waals surface area contributed by atoms with E-state index >= 15 is 0 Å². The molecule has 26 heavy (non-hydrogen) atoms. The molecule has 0 bridgehead atoms. The summed E-state index contributed by atoms with van der Waals surface area (Å²) in [5.74, 6) is 0.482.